The van der Waals surface area contributed by atoms with Crippen molar-refractivity contribution in [3.63, 3.8) is 0 Å². The fourth-order valence-electron chi connectivity index (χ4n) is 1.97. The zero-order chi connectivity index (χ0) is 15.5. The van der Waals surface area contributed by atoms with Gasteiger partial charge < -0.3 is 10.2 Å². The Morgan fingerprint density at radius 1 is 1.29 bits per heavy atom. The summed E-state index contributed by atoms with van der Waals surface area (Å²) in [7, 11) is 2.07. The molecule has 0 aliphatic rings. The third-order valence-electron chi connectivity index (χ3n) is 3.13. The monoisotopic (exact) mass is 304 g/mol. The summed E-state index contributed by atoms with van der Waals surface area (Å²) in [6, 6.07) is 4.17. The number of nitrogens with zero attached hydrogens (tertiary/aromatic N) is 3. The zero-order valence-electron chi connectivity index (χ0n) is 13.5. The molecule has 2 heterocycles. The highest BCUT2D eigenvalue weighted by Crippen LogP contribution is 2.24. The maximum Gasteiger partial charge on any atom is 0.138 e. The minimum Gasteiger partial charge on any atom is -0.370 e. The van der Waals surface area contributed by atoms with Crippen molar-refractivity contribution in [2.75, 3.05) is 23.8 Å². The summed E-state index contributed by atoms with van der Waals surface area (Å²) in [5.74, 6) is 2.72. The van der Waals surface area contributed by atoms with Crippen LogP contribution in [0.2, 0.25) is 0 Å². The van der Waals surface area contributed by atoms with E-state index in [-0.39, 0.29) is 5.41 Å². The second-order valence-electron chi connectivity index (χ2n) is 6.20. The Kier molecular flexibility index (Phi) is 4.83. The molecule has 0 saturated carbocycles. The fraction of sp³-hybridized carbons (Fsp3) is 0.500. The van der Waals surface area contributed by atoms with Crippen LogP contribution in [0.1, 0.15) is 39.1 Å². The average molecular weight is 304 g/mol. The van der Waals surface area contributed by atoms with Gasteiger partial charge in [0.15, 0.2) is 0 Å². The van der Waals surface area contributed by atoms with Crippen molar-refractivity contribution < 1.29 is 0 Å². The third kappa shape index (κ3) is 4.17. The molecule has 0 aromatic carbocycles. The molecule has 5 heteroatoms. The van der Waals surface area contributed by atoms with Crippen LogP contribution in [0.3, 0.4) is 0 Å². The van der Waals surface area contributed by atoms with E-state index in [9.17, 15) is 0 Å². The normalized spacial score (nSPS) is 11.5. The van der Waals surface area contributed by atoms with Gasteiger partial charge in [-0.2, -0.15) is 11.3 Å². The van der Waals surface area contributed by atoms with Crippen molar-refractivity contribution in [1.29, 1.82) is 0 Å². The van der Waals surface area contributed by atoms with Gasteiger partial charge in [-0.1, -0.05) is 20.8 Å². The molecule has 114 valence electrons. The molecule has 2 rings (SSSR count). The summed E-state index contributed by atoms with van der Waals surface area (Å²) in [5, 5.41) is 7.58. The van der Waals surface area contributed by atoms with Crippen LogP contribution in [-0.2, 0) is 12.0 Å². The molecule has 4 nitrogen and oxygen atoms in total. The maximum absolute atomic E-state index is 4.75. The van der Waals surface area contributed by atoms with Crippen molar-refractivity contribution >= 4 is 23.0 Å². The van der Waals surface area contributed by atoms with E-state index in [1.54, 1.807) is 11.3 Å². The summed E-state index contributed by atoms with van der Waals surface area (Å²) >= 11 is 1.72. The predicted octanol–water partition coefficient (Wildman–Crippen LogP) is 3.90. The lowest BCUT2D eigenvalue weighted by Crippen LogP contribution is -2.23. The van der Waals surface area contributed by atoms with Gasteiger partial charge in [-0.05, 0) is 29.3 Å². The number of nitrogens with one attached hydrogen (secondary N) is 1. The van der Waals surface area contributed by atoms with Crippen LogP contribution in [0.4, 0.5) is 11.6 Å². The smallest absolute Gasteiger partial charge is 0.138 e. The van der Waals surface area contributed by atoms with Crippen molar-refractivity contribution in [2.45, 2.75) is 39.7 Å². The van der Waals surface area contributed by atoms with Crippen LogP contribution >= 0.6 is 11.3 Å². The van der Waals surface area contributed by atoms with Crippen LogP contribution in [0.25, 0.3) is 0 Å². The molecular weight excluding hydrogens is 280 g/mol. The average Bonchev–Trinajstić information content (AvgIpc) is 2.90. The Hall–Kier alpha value is -1.62. The second-order valence-corrected chi connectivity index (χ2v) is 6.98. The Morgan fingerprint density at radius 3 is 2.62 bits per heavy atom. The van der Waals surface area contributed by atoms with Crippen molar-refractivity contribution in [1.82, 2.24) is 9.97 Å². The lowest BCUT2D eigenvalue weighted by Gasteiger charge is -2.23. The highest BCUT2D eigenvalue weighted by Gasteiger charge is 2.20. The minimum absolute atomic E-state index is 0.0661. The Balaban J connectivity index is 2.30. The first kappa shape index (κ1) is 15.8. The number of aromatic nitrogens is 2. The maximum atomic E-state index is 4.75. The highest BCUT2D eigenvalue weighted by atomic mass is 32.1. The van der Waals surface area contributed by atoms with E-state index in [1.165, 1.54) is 5.56 Å². The SMILES string of the molecule is CCNc1cc(N(C)Cc2ccsc2)nc(C(C)(C)C)n1. The number of hydrogen-bond donors (Lipinski definition) is 1. The van der Waals surface area contributed by atoms with Gasteiger partial charge in [0, 0.05) is 31.6 Å². The summed E-state index contributed by atoms with van der Waals surface area (Å²) in [6.07, 6.45) is 0. The summed E-state index contributed by atoms with van der Waals surface area (Å²) in [6.45, 7) is 10.2. The van der Waals surface area contributed by atoms with Gasteiger partial charge in [0.2, 0.25) is 0 Å². The standard InChI is InChI=1S/C16H24N4S/c1-6-17-13-9-14(19-15(18-13)16(2,3)4)20(5)10-12-7-8-21-11-12/h7-9,11H,6,10H2,1-5H3,(H,17,18,19). The number of anilines is 2. The van der Waals surface area contributed by atoms with Gasteiger partial charge in [0.25, 0.3) is 0 Å². The molecular formula is C16H24N4S. The third-order valence-corrected chi connectivity index (χ3v) is 3.86. The molecule has 0 amide bonds. The largest absolute Gasteiger partial charge is 0.370 e. The molecule has 1 N–H and O–H groups in total. The highest BCUT2D eigenvalue weighted by molar-refractivity contribution is 7.07. The van der Waals surface area contributed by atoms with Gasteiger partial charge in [0.05, 0.1) is 0 Å². The molecule has 0 aliphatic heterocycles. The minimum atomic E-state index is -0.0661. The van der Waals surface area contributed by atoms with Crippen molar-refractivity contribution in [3.8, 4) is 0 Å². The van der Waals surface area contributed by atoms with Gasteiger partial charge in [-0.3, -0.25) is 0 Å². The first-order chi connectivity index (χ1) is 9.90. The molecule has 0 atom stereocenters. The molecule has 0 fully saturated rings. The molecule has 0 aliphatic carbocycles. The second kappa shape index (κ2) is 6.43. The lowest BCUT2D eigenvalue weighted by atomic mass is 9.96. The van der Waals surface area contributed by atoms with E-state index >= 15 is 0 Å². The topological polar surface area (TPSA) is 41.0 Å². The van der Waals surface area contributed by atoms with Crippen LogP contribution in [-0.4, -0.2) is 23.6 Å². The molecule has 21 heavy (non-hydrogen) atoms. The summed E-state index contributed by atoms with van der Waals surface area (Å²) in [5.41, 5.74) is 1.24. The Bertz CT molecular complexity index is 572. The van der Waals surface area contributed by atoms with E-state index < -0.39 is 0 Å². The van der Waals surface area contributed by atoms with Gasteiger partial charge in [-0.25, -0.2) is 9.97 Å². The van der Waals surface area contributed by atoms with E-state index in [0.29, 0.717) is 0 Å². The van der Waals surface area contributed by atoms with Crippen molar-refractivity contribution in [3.05, 3.63) is 34.3 Å². The van der Waals surface area contributed by atoms with E-state index in [2.05, 4.69) is 66.8 Å². The fourth-order valence-corrected chi connectivity index (χ4v) is 2.63. The van der Waals surface area contributed by atoms with E-state index in [0.717, 1.165) is 30.5 Å². The Morgan fingerprint density at radius 2 is 2.05 bits per heavy atom. The molecule has 2 aromatic rings. The first-order valence-corrected chi connectivity index (χ1v) is 8.20. The van der Waals surface area contributed by atoms with Crippen LogP contribution in [0.15, 0.2) is 22.9 Å². The molecule has 0 radical (unpaired) electrons. The number of hydrogen-bond acceptors (Lipinski definition) is 5. The van der Waals surface area contributed by atoms with Crippen LogP contribution < -0.4 is 10.2 Å². The first-order valence-electron chi connectivity index (χ1n) is 7.26. The zero-order valence-corrected chi connectivity index (χ0v) is 14.3. The van der Waals surface area contributed by atoms with E-state index in [1.807, 2.05) is 6.07 Å². The predicted molar refractivity (Wildman–Crippen MR) is 91.3 cm³/mol. The number of thiophene rings is 1. The van der Waals surface area contributed by atoms with Gasteiger partial charge >= 0.3 is 0 Å². The summed E-state index contributed by atoms with van der Waals surface area (Å²) < 4.78 is 0. The van der Waals surface area contributed by atoms with Crippen molar-refractivity contribution in [2.24, 2.45) is 0 Å². The van der Waals surface area contributed by atoms with Crippen LogP contribution in [0.5, 0.6) is 0 Å². The van der Waals surface area contributed by atoms with Gasteiger partial charge in [-0.15, -0.1) is 0 Å². The van der Waals surface area contributed by atoms with Crippen LogP contribution in [0, 0.1) is 0 Å². The number of rotatable bonds is 5. The lowest BCUT2D eigenvalue weighted by molar-refractivity contribution is 0.545. The molecule has 2 aromatic heterocycles. The molecule has 0 bridgehead atoms. The Labute approximate surface area is 131 Å². The van der Waals surface area contributed by atoms with E-state index in [4.69, 9.17) is 4.98 Å². The quantitative estimate of drug-likeness (QED) is 0.909. The molecule has 0 spiro atoms. The molecule has 0 unspecified atom stereocenters. The van der Waals surface area contributed by atoms with Gasteiger partial charge in [0.1, 0.15) is 17.5 Å². The molecule has 0 saturated heterocycles. The summed E-state index contributed by atoms with van der Waals surface area (Å²) in [4.78, 5) is 11.5.